The molecule has 318 valence electrons. The topological polar surface area (TPSA) is 236 Å². The average molecular weight is 912 g/mol. The van der Waals surface area contributed by atoms with E-state index >= 15 is 0 Å². The van der Waals surface area contributed by atoms with E-state index < -0.39 is 37.4 Å². The Morgan fingerprint density at radius 2 is 1.28 bits per heavy atom. The molecule has 9 rings (SSSR count). The number of ether oxygens (including phenoxy) is 1. The number of nitrogens with zero attached hydrogens (tertiary/aromatic N) is 3. The third-order valence-corrected chi connectivity index (χ3v) is 12.3. The van der Waals surface area contributed by atoms with Crippen molar-refractivity contribution < 1.29 is 40.3 Å². The van der Waals surface area contributed by atoms with Gasteiger partial charge in [-0.15, -0.1) is 0 Å². The van der Waals surface area contributed by atoms with Crippen LogP contribution in [0, 0.1) is 0 Å². The lowest BCUT2D eigenvalue weighted by Crippen LogP contribution is -2.24. The fourth-order valence-electron chi connectivity index (χ4n) is 7.58. The van der Waals surface area contributed by atoms with Gasteiger partial charge in [0, 0.05) is 46.7 Å². The molecule has 0 bridgehead atoms. The minimum absolute atomic E-state index is 0.0428. The second-order valence-electron chi connectivity index (χ2n) is 14.6. The van der Waals surface area contributed by atoms with Gasteiger partial charge in [0.05, 0.1) is 32.1 Å². The van der Waals surface area contributed by atoms with Gasteiger partial charge < -0.3 is 15.0 Å². The normalized spacial score (nSPS) is 12.2. The van der Waals surface area contributed by atoms with Crippen molar-refractivity contribution in [3.8, 4) is 22.6 Å². The molecule has 64 heavy (non-hydrogen) atoms. The monoisotopic (exact) mass is 911 g/mol. The molecule has 2 aromatic heterocycles. The first kappa shape index (κ1) is 41.9. The van der Waals surface area contributed by atoms with Gasteiger partial charge in [-0.3, -0.25) is 23.5 Å². The highest BCUT2D eigenvalue weighted by atomic mass is 35.5. The first-order chi connectivity index (χ1) is 30.6. The molecule has 0 aliphatic heterocycles. The second kappa shape index (κ2) is 16.4. The number of fused-ring (bicyclic) bond motifs is 2. The van der Waals surface area contributed by atoms with Crippen LogP contribution in [0.4, 0.5) is 11.4 Å². The van der Waals surface area contributed by atoms with Crippen LogP contribution in [-0.2, 0) is 33.1 Å². The maximum absolute atomic E-state index is 14.7. The Balaban J connectivity index is 1.15. The summed E-state index contributed by atoms with van der Waals surface area (Å²) in [6.07, 6.45) is 0.374. The molecule has 0 atom stereocenters. The molecular weight excluding hydrogens is 882 g/mol. The standard InChI is InChI=1S/C46H30ClN5O10S2/c47-46-50-36(22-25-13-17-30(18-14-25)63(56,57)58)49-37(51-46)23-26-7-6-10-28(21-26)48-34-24-35(62-29-15-19-31(20-16-29)64(59,60)61)42-40-38(32-11-4-5-12-33(32)44(54)39(34)40)41(45(55)52-42)43(53)27-8-2-1-3-9-27/h1-21,24,48H,22-23H2,(H,52,55)(H,56,57,58)(H,59,60,61). The number of rotatable bonds is 12. The highest BCUT2D eigenvalue weighted by Gasteiger charge is 2.35. The Labute approximate surface area is 368 Å². The maximum atomic E-state index is 14.7. The zero-order valence-electron chi connectivity index (χ0n) is 32.8. The van der Waals surface area contributed by atoms with E-state index in [0.29, 0.717) is 28.5 Å². The van der Waals surface area contributed by atoms with Crippen molar-refractivity contribution in [3.05, 3.63) is 194 Å². The number of carbonyl (C=O) groups is 2. The molecule has 1 aliphatic carbocycles. The van der Waals surface area contributed by atoms with Gasteiger partial charge in [0.1, 0.15) is 17.4 Å². The predicted octanol–water partition coefficient (Wildman–Crippen LogP) is 8.02. The smallest absolute Gasteiger partial charge is 0.294 e. The molecule has 6 aromatic carbocycles. The van der Waals surface area contributed by atoms with Crippen LogP contribution in [0.25, 0.3) is 22.0 Å². The quantitative estimate of drug-likeness (QED) is 0.0671. The Bertz CT molecular complexity index is 3510. The van der Waals surface area contributed by atoms with Gasteiger partial charge in [-0.05, 0) is 76.8 Å². The van der Waals surface area contributed by atoms with E-state index in [-0.39, 0.29) is 83.8 Å². The zero-order valence-corrected chi connectivity index (χ0v) is 35.2. The lowest BCUT2D eigenvalue weighted by Gasteiger charge is -2.25. The summed E-state index contributed by atoms with van der Waals surface area (Å²) in [5, 5.41) is 3.53. The summed E-state index contributed by atoms with van der Waals surface area (Å²) in [5.41, 5.74) is 2.54. The van der Waals surface area contributed by atoms with Gasteiger partial charge in [0.15, 0.2) is 17.3 Å². The molecule has 2 heterocycles. The van der Waals surface area contributed by atoms with Crippen LogP contribution in [0.15, 0.2) is 148 Å². The summed E-state index contributed by atoms with van der Waals surface area (Å²) < 4.78 is 71.8. The number of hydrogen-bond donors (Lipinski definition) is 4. The largest absolute Gasteiger partial charge is 0.455 e. The Kier molecular flexibility index (Phi) is 10.7. The number of H-pyrrole nitrogens is 1. The fourth-order valence-corrected chi connectivity index (χ4v) is 8.73. The van der Waals surface area contributed by atoms with E-state index in [4.69, 9.17) is 16.3 Å². The lowest BCUT2D eigenvalue weighted by molar-refractivity contribution is 0.102. The number of aromatic amines is 1. The predicted molar refractivity (Wildman–Crippen MR) is 236 cm³/mol. The number of hydrogen-bond acceptors (Lipinski definition) is 12. The highest BCUT2D eigenvalue weighted by molar-refractivity contribution is 7.86. The van der Waals surface area contributed by atoms with Crippen molar-refractivity contribution in [1.29, 1.82) is 0 Å². The molecule has 0 radical (unpaired) electrons. The lowest BCUT2D eigenvalue weighted by atomic mass is 9.80. The summed E-state index contributed by atoms with van der Waals surface area (Å²) in [6, 6.07) is 34.2. The van der Waals surface area contributed by atoms with Crippen molar-refractivity contribution in [2.75, 3.05) is 5.32 Å². The first-order valence-electron chi connectivity index (χ1n) is 19.2. The van der Waals surface area contributed by atoms with Gasteiger partial charge in [0.2, 0.25) is 5.28 Å². The number of ketones is 2. The Morgan fingerprint density at radius 3 is 1.94 bits per heavy atom. The number of carbonyl (C=O) groups excluding carboxylic acids is 2. The van der Waals surface area contributed by atoms with Crippen LogP contribution >= 0.6 is 11.6 Å². The van der Waals surface area contributed by atoms with Crippen molar-refractivity contribution in [2.24, 2.45) is 0 Å². The molecular formula is C46H30ClN5O10S2. The van der Waals surface area contributed by atoms with Crippen molar-refractivity contribution in [2.45, 2.75) is 22.6 Å². The summed E-state index contributed by atoms with van der Waals surface area (Å²) in [7, 11) is -8.89. The number of pyridine rings is 1. The van der Waals surface area contributed by atoms with Crippen LogP contribution in [0.3, 0.4) is 0 Å². The molecule has 18 heteroatoms. The SMILES string of the molecule is O=C(c1ccccc1)c1c2c3c(c(Nc4cccc(Cc5nc(Cl)nc(Cc6ccc(S(=O)(=O)O)cc6)n5)c4)cc(Oc4ccc(S(=O)(=O)O)cc4)c3[nH]c1=O)C(=O)c1ccccc1-2. The van der Waals surface area contributed by atoms with Crippen LogP contribution in [0.2, 0.25) is 5.28 Å². The molecule has 0 saturated carbocycles. The van der Waals surface area contributed by atoms with E-state index in [0.717, 1.165) is 17.7 Å². The molecule has 0 fully saturated rings. The number of aromatic nitrogens is 4. The van der Waals surface area contributed by atoms with Gasteiger partial charge in [-0.2, -0.15) is 16.8 Å². The van der Waals surface area contributed by atoms with Crippen LogP contribution in [0.5, 0.6) is 11.5 Å². The first-order valence-corrected chi connectivity index (χ1v) is 22.4. The van der Waals surface area contributed by atoms with Crippen LogP contribution in [-0.4, -0.2) is 57.4 Å². The third kappa shape index (κ3) is 8.28. The Morgan fingerprint density at radius 1 is 0.672 bits per heavy atom. The van der Waals surface area contributed by atoms with Gasteiger partial charge in [0.25, 0.3) is 25.8 Å². The van der Waals surface area contributed by atoms with E-state index in [1.807, 2.05) is 6.07 Å². The van der Waals surface area contributed by atoms with Gasteiger partial charge >= 0.3 is 0 Å². The molecule has 4 N–H and O–H groups in total. The molecule has 0 amide bonds. The van der Waals surface area contributed by atoms with Crippen LogP contribution in [0.1, 0.15) is 54.6 Å². The summed E-state index contributed by atoms with van der Waals surface area (Å²) in [5.74, 6) is -0.163. The minimum Gasteiger partial charge on any atom is -0.455 e. The number of anilines is 2. The highest BCUT2D eigenvalue weighted by Crippen LogP contribution is 2.47. The molecule has 0 saturated heterocycles. The van der Waals surface area contributed by atoms with Crippen molar-refractivity contribution in [3.63, 3.8) is 0 Å². The fraction of sp³-hybridized carbons (Fsp3) is 0.0435. The van der Waals surface area contributed by atoms with E-state index in [1.54, 1.807) is 72.8 Å². The maximum Gasteiger partial charge on any atom is 0.294 e. The number of benzene rings is 6. The van der Waals surface area contributed by atoms with Crippen LogP contribution < -0.4 is 15.6 Å². The summed E-state index contributed by atoms with van der Waals surface area (Å²) in [4.78, 5) is 58.5. The average Bonchev–Trinajstić information content (AvgIpc) is 3.26. The zero-order chi connectivity index (χ0) is 44.9. The van der Waals surface area contributed by atoms with Gasteiger partial charge in [-0.25, -0.2) is 15.0 Å². The second-order valence-corrected chi connectivity index (χ2v) is 17.8. The number of nitrogens with one attached hydrogen (secondary N) is 2. The minimum atomic E-state index is -4.52. The summed E-state index contributed by atoms with van der Waals surface area (Å²) >= 11 is 6.32. The Hall–Kier alpha value is -7.41. The summed E-state index contributed by atoms with van der Waals surface area (Å²) in [6.45, 7) is 0. The molecule has 0 spiro atoms. The van der Waals surface area contributed by atoms with E-state index in [1.165, 1.54) is 42.5 Å². The van der Waals surface area contributed by atoms with E-state index in [2.05, 4.69) is 25.3 Å². The van der Waals surface area contributed by atoms with Gasteiger partial charge in [-0.1, -0.05) is 78.9 Å². The number of halogens is 1. The van der Waals surface area contributed by atoms with E-state index in [9.17, 15) is 40.3 Å². The molecule has 0 unspecified atom stereocenters. The van der Waals surface area contributed by atoms with Crippen molar-refractivity contribution >= 4 is 65.7 Å². The molecule has 8 aromatic rings. The molecule has 15 nitrogen and oxygen atoms in total. The molecule has 1 aliphatic rings. The van der Waals surface area contributed by atoms with Crippen molar-refractivity contribution in [1.82, 2.24) is 19.9 Å². The third-order valence-electron chi connectivity index (χ3n) is 10.4.